The molecule has 0 N–H and O–H groups in total. The maximum atomic E-state index is 12.0. The summed E-state index contributed by atoms with van der Waals surface area (Å²) in [4.78, 5) is 26.6. The third-order valence-electron chi connectivity index (χ3n) is 3.50. The topological polar surface area (TPSA) is 97.3 Å². The van der Waals surface area contributed by atoms with E-state index in [9.17, 15) is 14.7 Å². The average Bonchev–Trinajstić information content (AvgIpc) is 3.01. The summed E-state index contributed by atoms with van der Waals surface area (Å²) >= 11 is 0. The van der Waals surface area contributed by atoms with Crippen molar-refractivity contribution in [2.24, 2.45) is 4.99 Å². The summed E-state index contributed by atoms with van der Waals surface area (Å²) in [6, 6.07) is 13.5. The summed E-state index contributed by atoms with van der Waals surface area (Å²) in [5.74, 6) is -0.556. The van der Waals surface area contributed by atoms with Crippen molar-refractivity contribution in [3.8, 4) is 11.5 Å². The molecule has 0 amide bonds. The fourth-order valence-corrected chi connectivity index (χ4v) is 2.23. The molecule has 2 aromatic rings. The predicted molar refractivity (Wildman–Crippen MR) is 90.5 cm³/mol. The molecule has 3 rings (SSSR count). The minimum atomic E-state index is -1.30. The van der Waals surface area contributed by atoms with Gasteiger partial charge in [0.25, 0.3) is 0 Å². The van der Waals surface area contributed by atoms with Gasteiger partial charge >= 0.3 is 5.97 Å². The highest BCUT2D eigenvalue weighted by Crippen LogP contribution is 2.21. The SMILES string of the molecule is COc1ccc(C2=N/C(=C\c3ccc(OCC(=O)[O-])cc3)C(=O)O2)cc1. The second kappa shape index (κ2) is 7.52. The molecule has 0 saturated carbocycles. The van der Waals surface area contributed by atoms with E-state index >= 15 is 0 Å². The number of aliphatic carboxylic acids is 1. The van der Waals surface area contributed by atoms with Crippen LogP contribution in [-0.2, 0) is 14.3 Å². The Bertz CT molecular complexity index is 881. The molecule has 2 aromatic carbocycles. The van der Waals surface area contributed by atoms with Crippen molar-refractivity contribution < 1.29 is 28.9 Å². The van der Waals surface area contributed by atoms with Crippen molar-refractivity contribution in [1.82, 2.24) is 0 Å². The Morgan fingerprint density at radius 2 is 1.77 bits per heavy atom. The lowest BCUT2D eigenvalue weighted by molar-refractivity contribution is -0.307. The van der Waals surface area contributed by atoms with Gasteiger partial charge in [-0.05, 0) is 48.0 Å². The molecule has 1 heterocycles. The normalized spacial score (nSPS) is 14.7. The number of rotatable bonds is 6. The fourth-order valence-electron chi connectivity index (χ4n) is 2.23. The first kappa shape index (κ1) is 17.2. The van der Waals surface area contributed by atoms with Crippen LogP contribution in [0.15, 0.2) is 59.2 Å². The van der Waals surface area contributed by atoms with Crippen LogP contribution in [0.25, 0.3) is 6.08 Å². The van der Waals surface area contributed by atoms with Gasteiger partial charge in [-0.3, -0.25) is 0 Å². The summed E-state index contributed by atoms with van der Waals surface area (Å²) < 4.78 is 15.3. The molecule has 0 spiro atoms. The second-order valence-corrected chi connectivity index (χ2v) is 5.29. The van der Waals surface area contributed by atoms with Crippen LogP contribution in [0.3, 0.4) is 0 Å². The maximum Gasteiger partial charge on any atom is 0.363 e. The van der Waals surface area contributed by atoms with Gasteiger partial charge in [-0.25, -0.2) is 9.79 Å². The molecule has 1 aliphatic heterocycles. The lowest BCUT2D eigenvalue weighted by Crippen LogP contribution is -2.28. The lowest BCUT2D eigenvalue weighted by Gasteiger charge is -2.06. The second-order valence-electron chi connectivity index (χ2n) is 5.29. The van der Waals surface area contributed by atoms with Gasteiger partial charge in [0, 0.05) is 5.56 Å². The lowest BCUT2D eigenvalue weighted by atomic mass is 10.2. The van der Waals surface area contributed by atoms with E-state index in [4.69, 9.17) is 14.2 Å². The first-order valence-electron chi connectivity index (χ1n) is 7.65. The molecule has 0 bridgehead atoms. The number of hydrogen-bond donors (Lipinski definition) is 0. The highest BCUT2D eigenvalue weighted by atomic mass is 16.6. The van der Waals surface area contributed by atoms with Crippen LogP contribution < -0.4 is 14.6 Å². The van der Waals surface area contributed by atoms with Crippen LogP contribution in [0.4, 0.5) is 0 Å². The number of aliphatic imine (C=N–C) groups is 1. The highest BCUT2D eigenvalue weighted by Gasteiger charge is 2.24. The van der Waals surface area contributed by atoms with Crippen LogP contribution in [0.5, 0.6) is 11.5 Å². The van der Waals surface area contributed by atoms with E-state index in [1.807, 2.05) is 0 Å². The van der Waals surface area contributed by atoms with E-state index < -0.39 is 18.5 Å². The Kier molecular flexibility index (Phi) is 4.98. The van der Waals surface area contributed by atoms with Crippen molar-refractivity contribution >= 4 is 23.9 Å². The molecule has 0 aromatic heterocycles. The Morgan fingerprint density at radius 1 is 1.12 bits per heavy atom. The van der Waals surface area contributed by atoms with E-state index in [1.54, 1.807) is 61.7 Å². The number of carbonyl (C=O) groups is 2. The van der Waals surface area contributed by atoms with Crippen LogP contribution >= 0.6 is 0 Å². The zero-order chi connectivity index (χ0) is 18.5. The summed E-state index contributed by atoms with van der Waals surface area (Å²) in [6.45, 7) is -0.526. The van der Waals surface area contributed by atoms with Gasteiger partial charge in [0.1, 0.15) is 18.1 Å². The molecular formula is C19H14NO6-. The highest BCUT2D eigenvalue weighted by molar-refractivity contribution is 6.12. The Labute approximate surface area is 149 Å². The molecule has 132 valence electrons. The molecular weight excluding hydrogens is 338 g/mol. The number of carboxylic acids is 1. The minimum Gasteiger partial charge on any atom is -0.546 e. The van der Waals surface area contributed by atoms with Gasteiger partial charge in [-0.1, -0.05) is 12.1 Å². The molecule has 26 heavy (non-hydrogen) atoms. The average molecular weight is 352 g/mol. The van der Waals surface area contributed by atoms with Gasteiger partial charge in [0.05, 0.1) is 13.1 Å². The van der Waals surface area contributed by atoms with Crippen LogP contribution in [0.2, 0.25) is 0 Å². The summed E-state index contributed by atoms with van der Waals surface area (Å²) in [5, 5.41) is 10.4. The zero-order valence-corrected chi connectivity index (χ0v) is 13.8. The quantitative estimate of drug-likeness (QED) is 0.572. The number of methoxy groups -OCH3 is 1. The van der Waals surface area contributed by atoms with Crippen molar-refractivity contribution in [3.05, 3.63) is 65.4 Å². The van der Waals surface area contributed by atoms with Crippen LogP contribution in [-0.4, -0.2) is 31.6 Å². The van der Waals surface area contributed by atoms with Gasteiger partial charge in [0.2, 0.25) is 5.90 Å². The molecule has 7 nitrogen and oxygen atoms in total. The monoisotopic (exact) mass is 352 g/mol. The van der Waals surface area contributed by atoms with Gasteiger partial charge in [-0.2, -0.15) is 0 Å². The standard InChI is InChI=1S/C19H15NO6/c1-24-14-8-4-13(5-9-14)18-20-16(19(23)26-18)10-12-2-6-15(7-3-12)25-11-17(21)22/h2-10H,11H2,1H3,(H,21,22)/p-1/b16-10-. The predicted octanol–water partition coefficient (Wildman–Crippen LogP) is 1.17. The molecule has 1 aliphatic rings. The largest absolute Gasteiger partial charge is 0.546 e. The molecule has 0 radical (unpaired) electrons. The zero-order valence-electron chi connectivity index (χ0n) is 13.8. The van der Waals surface area contributed by atoms with Crippen LogP contribution in [0.1, 0.15) is 11.1 Å². The van der Waals surface area contributed by atoms with E-state index in [2.05, 4.69) is 4.99 Å². The Balaban J connectivity index is 1.76. The molecule has 0 unspecified atom stereocenters. The number of carboxylic acid groups (broad SMARTS) is 1. The van der Waals surface area contributed by atoms with Crippen LogP contribution in [0, 0.1) is 0 Å². The summed E-state index contributed by atoms with van der Waals surface area (Å²) in [7, 11) is 1.57. The number of hydrogen-bond acceptors (Lipinski definition) is 7. The molecule has 7 heteroatoms. The number of cyclic esters (lactones) is 1. The van der Waals surface area contributed by atoms with Crippen molar-refractivity contribution in [3.63, 3.8) is 0 Å². The molecule has 0 saturated heterocycles. The van der Waals surface area contributed by atoms with E-state index in [0.717, 1.165) is 0 Å². The van der Waals surface area contributed by atoms with Crippen molar-refractivity contribution in [2.45, 2.75) is 0 Å². The molecule has 0 fully saturated rings. The number of benzene rings is 2. The third kappa shape index (κ3) is 4.07. The van der Waals surface area contributed by atoms with E-state index in [-0.39, 0.29) is 11.6 Å². The Morgan fingerprint density at radius 3 is 2.38 bits per heavy atom. The van der Waals surface area contributed by atoms with Gasteiger partial charge in [-0.15, -0.1) is 0 Å². The molecule has 0 aliphatic carbocycles. The van der Waals surface area contributed by atoms with E-state index in [1.165, 1.54) is 0 Å². The first-order valence-corrected chi connectivity index (χ1v) is 7.65. The number of nitrogens with zero attached hydrogens (tertiary/aromatic N) is 1. The van der Waals surface area contributed by atoms with Gasteiger partial charge in [0.15, 0.2) is 5.70 Å². The van der Waals surface area contributed by atoms with Gasteiger partial charge < -0.3 is 24.1 Å². The first-order chi connectivity index (χ1) is 12.5. The maximum absolute atomic E-state index is 12.0. The fraction of sp³-hybridized carbons (Fsp3) is 0.105. The number of esters is 1. The van der Waals surface area contributed by atoms with Crippen molar-refractivity contribution in [2.75, 3.05) is 13.7 Å². The number of ether oxygens (including phenoxy) is 3. The summed E-state index contributed by atoms with van der Waals surface area (Å²) in [6.07, 6.45) is 1.57. The molecule has 0 atom stereocenters. The Hall–Kier alpha value is -3.61. The van der Waals surface area contributed by atoms with Crippen molar-refractivity contribution in [1.29, 1.82) is 0 Å². The summed E-state index contributed by atoms with van der Waals surface area (Å²) in [5.41, 5.74) is 1.52. The van der Waals surface area contributed by atoms with E-state index in [0.29, 0.717) is 22.6 Å². The third-order valence-corrected chi connectivity index (χ3v) is 3.50. The smallest absolute Gasteiger partial charge is 0.363 e. The number of carbonyl (C=O) groups excluding carboxylic acids is 2. The minimum absolute atomic E-state index is 0.166.